The van der Waals surface area contributed by atoms with E-state index in [2.05, 4.69) is 10.6 Å². The van der Waals surface area contributed by atoms with Gasteiger partial charge in [0.1, 0.15) is 28.2 Å². The Morgan fingerprint density at radius 2 is 1.48 bits per heavy atom. The first kappa shape index (κ1) is 28.3. The largest absolute Gasteiger partial charge is 0.444 e. The normalized spacial score (nSPS) is 12.2. The second kappa shape index (κ2) is 12.5. The predicted molar refractivity (Wildman–Crippen MR) is 126 cm³/mol. The fourth-order valence-electron chi connectivity index (χ4n) is 2.06. The van der Waals surface area contributed by atoms with Gasteiger partial charge >= 0.3 is 12.1 Å². The maximum atomic E-state index is 12.5. The van der Waals surface area contributed by atoms with E-state index in [4.69, 9.17) is 67.5 Å². The molecular formula is C18H21Cl5N2O5S. The predicted octanol–water partition coefficient (Wildman–Crippen LogP) is 5.62. The number of esters is 1. The first-order valence-corrected chi connectivity index (χ1v) is 12.0. The van der Waals surface area contributed by atoms with Crippen LogP contribution in [0.1, 0.15) is 27.2 Å². The number of halogens is 5. The molecule has 0 fully saturated rings. The van der Waals surface area contributed by atoms with E-state index < -0.39 is 36.2 Å². The van der Waals surface area contributed by atoms with Crippen LogP contribution in [0.3, 0.4) is 0 Å². The van der Waals surface area contributed by atoms with Crippen molar-refractivity contribution in [1.29, 1.82) is 0 Å². The Hall–Kier alpha value is -0.770. The average molecular weight is 555 g/mol. The molecule has 2 N–H and O–H groups in total. The number of amides is 2. The van der Waals surface area contributed by atoms with E-state index in [0.29, 0.717) is 12.2 Å². The van der Waals surface area contributed by atoms with E-state index in [1.807, 2.05) is 6.26 Å². The number of benzene rings is 1. The molecule has 0 spiro atoms. The molecule has 1 atom stereocenters. The molecule has 1 aromatic rings. The van der Waals surface area contributed by atoms with E-state index >= 15 is 0 Å². The highest BCUT2D eigenvalue weighted by Gasteiger charge is 2.26. The van der Waals surface area contributed by atoms with Crippen LogP contribution in [0.2, 0.25) is 25.1 Å². The molecule has 7 nitrogen and oxygen atoms in total. The lowest BCUT2D eigenvalue weighted by Gasteiger charge is -2.23. The standard InChI is InChI=1S/C18H21Cl5N2O5S/c1-18(2,3)30-17(28)25-8(5-6-31-4)16(27)24-7-9(26)29-15-13(22)11(20)10(19)12(21)14(15)23/h8H,5-7H2,1-4H3,(H,24,27)(H,25,28)/t8-/m0/s1. The molecule has 0 bridgehead atoms. The summed E-state index contributed by atoms with van der Waals surface area (Å²) in [4.78, 5) is 36.7. The third-order valence-electron chi connectivity index (χ3n) is 3.41. The summed E-state index contributed by atoms with van der Waals surface area (Å²) in [7, 11) is 0. The average Bonchev–Trinajstić information content (AvgIpc) is 2.68. The highest BCUT2D eigenvalue weighted by Crippen LogP contribution is 2.48. The highest BCUT2D eigenvalue weighted by atomic mass is 35.5. The summed E-state index contributed by atoms with van der Waals surface area (Å²) in [6.45, 7) is 4.57. The fourth-order valence-corrected chi connectivity index (χ4v) is 3.73. The molecule has 2 amide bonds. The van der Waals surface area contributed by atoms with E-state index in [-0.39, 0.29) is 30.9 Å². The van der Waals surface area contributed by atoms with Gasteiger partial charge in [-0.3, -0.25) is 4.79 Å². The molecule has 0 saturated carbocycles. The maximum Gasteiger partial charge on any atom is 0.408 e. The summed E-state index contributed by atoms with van der Waals surface area (Å²) in [5.74, 6) is -1.19. The molecule has 0 aliphatic carbocycles. The molecule has 1 aromatic carbocycles. The zero-order valence-electron chi connectivity index (χ0n) is 17.0. The van der Waals surface area contributed by atoms with Gasteiger partial charge in [0.15, 0.2) is 5.75 Å². The Labute approximate surface area is 209 Å². The Bertz CT molecular complexity index is 819. The van der Waals surface area contributed by atoms with Gasteiger partial charge in [0.05, 0.1) is 15.1 Å². The zero-order chi connectivity index (χ0) is 23.9. The van der Waals surface area contributed by atoms with Crippen molar-refractivity contribution in [2.75, 3.05) is 18.6 Å². The summed E-state index contributed by atoms with van der Waals surface area (Å²) in [5, 5.41) is 4.11. The number of ether oxygens (including phenoxy) is 2. The number of rotatable bonds is 8. The monoisotopic (exact) mass is 552 g/mol. The van der Waals surface area contributed by atoms with Crippen LogP contribution in [0.25, 0.3) is 0 Å². The molecule has 0 saturated heterocycles. The van der Waals surface area contributed by atoms with Gasteiger partial charge in [-0.2, -0.15) is 11.8 Å². The van der Waals surface area contributed by atoms with Crippen molar-refractivity contribution in [3.05, 3.63) is 25.1 Å². The van der Waals surface area contributed by atoms with E-state index in [9.17, 15) is 14.4 Å². The molecule has 0 aromatic heterocycles. The van der Waals surface area contributed by atoms with E-state index in [1.165, 1.54) is 11.8 Å². The van der Waals surface area contributed by atoms with Crippen LogP contribution in [0.4, 0.5) is 4.79 Å². The first-order chi connectivity index (χ1) is 14.3. The Morgan fingerprint density at radius 3 is 1.97 bits per heavy atom. The van der Waals surface area contributed by atoms with Crippen molar-refractivity contribution in [2.24, 2.45) is 0 Å². The topological polar surface area (TPSA) is 93.7 Å². The van der Waals surface area contributed by atoms with Gasteiger partial charge in [0, 0.05) is 0 Å². The van der Waals surface area contributed by atoms with Crippen LogP contribution < -0.4 is 15.4 Å². The van der Waals surface area contributed by atoms with Crippen LogP contribution in [-0.2, 0) is 14.3 Å². The van der Waals surface area contributed by atoms with Crippen molar-refractivity contribution in [3.8, 4) is 5.75 Å². The number of hydrogen-bond donors (Lipinski definition) is 2. The Morgan fingerprint density at radius 1 is 0.968 bits per heavy atom. The molecule has 1 rings (SSSR count). The lowest BCUT2D eigenvalue weighted by Crippen LogP contribution is -2.49. The van der Waals surface area contributed by atoms with Crippen LogP contribution in [0.15, 0.2) is 0 Å². The Balaban J connectivity index is 2.79. The summed E-state index contributed by atoms with van der Waals surface area (Å²) in [6.07, 6.45) is 1.43. The second-order valence-corrected chi connectivity index (χ2v) is 9.95. The van der Waals surface area contributed by atoms with Crippen LogP contribution >= 0.6 is 69.8 Å². The highest BCUT2D eigenvalue weighted by molar-refractivity contribution is 7.98. The summed E-state index contributed by atoms with van der Waals surface area (Å²) < 4.78 is 10.3. The van der Waals surface area contributed by atoms with Gasteiger partial charge in [-0.15, -0.1) is 0 Å². The van der Waals surface area contributed by atoms with Gasteiger partial charge in [-0.1, -0.05) is 58.0 Å². The number of nitrogens with one attached hydrogen (secondary N) is 2. The van der Waals surface area contributed by atoms with Gasteiger partial charge in [0.2, 0.25) is 5.91 Å². The lowest BCUT2D eigenvalue weighted by atomic mass is 10.2. The summed E-state index contributed by atoms with van der Waals surface area (Å²) in [6, 6.07) is -0.915. The van der Waals surface area contributed by atoms with Crippen molar-refractivity contribution in [3.63, 3.8) is 0 Å². The number of thioether (sulfide) groups is 1. The van der Waals surface area contributed by atoms with Gasteiger partial charge in [-0.25, -0.2) is 9.59 Å². The van der Waals surface area contributed by atoms with Gasteiger partial charge < -0.3 is 20.1 Å². The van der Waals surface area contributed by atoms with Gasteiger partial charge in [0.25, 0.3) is 0 Å². The van der Waals surface area contributed by atoms with Gasteiger partial charge in [-0.05, 0) is 39.2 Å². The molecule has 13 heteroatoms. The van der Waals surface area contributed by atoms with Crippen LogP contribution in [-0.4, -0.2) is 48.2 Å². The van der Waals surface area contributed by atoms with Crippen molar-refractivity contribution in [1.82, 2.24) is 10.6 Å². The van der Waals surface area contributed by atoms with E-state index in [1.54, 1.807) is 20.8 Å². The zero-order valence-corrected chi connectivity index (χ0v) is 21.6. The second-order valence-electron chi connectivity index (χ2n) is 7.07. The third kappa shape index (κ3) is 8.94. The molecule has 0 radical (unpaired) electrons. The minimum Gasteiger partial charge on any atom is -0.444 e. The SMILES string of the molecule is CSCC[C@H](NC(=O)OC(C)(C)C)C(=O)NCC(=O)Oc1c(Cl)c(Cl)c(Cl)c(Cl)c1Cl. The van der Waals surface area contributed by atoms with Crippen LogP contribution in [0, 0.1) is 0 Å². The summed E-state index contributed by atoms with van der Waals surface area (Å²) >= 11 is 31.3. The third-order valence-corrected chi connectivity index (χ3v) is 6.30. The van der Waals surface area contributed by atoms with Crippen molar-refractivity contribution < 1.29 is 23.9 Å². The number of hydrogen-bond acceptors (Lipinski definition) is 6. The number of carbonyl (C=O) groups is 3. The molecule has 0 aliphatic heterocycles. The Kier molecular flexibility index (Phi) is 11.4. The maximum absolute atomic E-state index is 12.5. The minimum atomic E-state index is -0.915. The summed E-state index contributed by atoms with van der Waals surface area (Å²) in [5.41, 5.74) is -0.728. The molecular weight excluding hydrogens is 534 g/mol. The van der Waals surface area contributed by atoms with E-state index in [0.717, 1.165) is 0 Å². The quantitative estimate of drug-likeness (QED) is 0.188. The fraction of sp³-hybridized carbons (Fsp3) is 0.500. The molecule has 174 valence electrons. The van der Waals surface area contributed by atoms with Crippen molar-refractivity contribution >= 4 is 87.7 Å². The molecule has 0 heterocycles. The number of carbonyl (C=O) groups excluding carboxylic acids is 3. The van der Waals surface area contributed by atoms with Crippen molar-refractivity contribution in [2.45, 2.75) is 38.8 Å². The minimum absolute atomic E-state index is 0.0868. The molecule has 0 aliphatic rings. The number of alkyl carbamates (subject to hydrolysis) is 1. The van der Waals surface area contributed by atoms with Crippen LogP contribution in [0.5, 0.6) is 5.75 Å². The smallest absolute Gasteiger partial charge is 0.408 e. The lowest BCUT2D eigenvalue weighted by molar-refractivity contribution is -0.135. The molecule has 0 unspecified atom stereocenters. The molecule has 31 heavy (non-hydrogen) atoms. The first-order valence-electron chi connectivity index (χ1n) is 8.76.